The molecule has 6 heteroatoms. The number of phenols is 1. The van der Waals surface area contributed by atoms with Gasteiger partial charge >= 0.3 is 0 Å². The molecule has 5 nitrogen and oxygen atoms in total. The molecular weight excluding hydrogens is 396 g/mol. The number of aliphatic imine (C=N–C) groups is 1. The van der Waals surface area contributed by atoms with Crippen LogP contribution in [0.3, 0.4) is 0 Å². The third kappa shape index (κ3) is 4.23. The third-order valence-electron chi connectivity index (χ3n) is 4.38. The Bertz CT molecular complexity index is 1110. The average Bonchev–Trinajstić information content (AvgIpc) is 3.06. The smallest absolute Gasteiger partial charge is 0.271 e. The van der Waals surface area contributed by atoms with Crippen molar-refractivity contribution in [3.05, 3.63) is 89.3 Å². The lowest BCUT2D eigenvalue weighted by molar-refractivity contribution is -0.113. The van der Waals surface area contributed by atoms with Gasteiger partial charge in [-0.05, 0) is 66.7 Å². The van der Waals surface area contributed by atoms with E-state index in [0.717, 1.165) is 16.9 Å². The second-order valence-electron chi connectivity index (χ2n) is 6.48. The van der Waals surface area contributed by atoms with Gasteiger partial charge in [-0.1, -0.05) is 42.5 Å². The Labute approximate surface area is 179 Å². The van der Waals surface area contributed by atoms with Crippen LogP contribution in [0.15, 0.2) is 88.8 Å². The summed E-state index contributed by atoms with van der Waals surface area (Å²) in [6, 6.07) is 24.1. The molecule has 0 saturated carbocycles. The molecule has 0 aliphatic carbocycles. The van der Waals surface area contributed by atoms with E-state index in [4.69, 9.17) is 9.73 Å². The first-order chi connectivity index (χ1) is 14.7. The maximum Gasteiger partial charge on any atom is 0.271 e. The summed E-state index contributed by atoms with van der Waals surface area (Å²) in [5.41, 5.74) is 2.30. The van der Waals surface area contributed by atoms with Crippen molar-refractivity contribution < 1.29 is 14.6 Å². The molecule has 0 radical (unpaired) electrons. The van der Waals surface area contributed by atoms with Crippen molar-refractivity contribution in [3.63, 3.8) is 0 Å². The summed E-state index contributed by atoms with van der Waals surface area (Å²) in [4.78, 5) is 20.1. The molecule has 0 atom stereocenters. The molecule has 3 aromatic carbocycles. The minimum atomic E-state index is -0.146. The van der Waals surface area contributed by atoms with E-state index in [1.54, 1.807) is 29.2 Å². The summed E-state index contributed by atoms with van der Waals surface area (Å²) < 4.78 is 5.45. The van der Waals surface area contributed by atoms with Crippen LogP contribution in [0, 0.1) is 0 Å². The van der Waals surface area contributed by atoms with Gasteiger partial charge in [0.2, 0.25) is 0 Å². The zero-order valence-electron chi connectivity index (χ0n) is 16.4. The number of nitrogens with zero attached hydrogens (tertiary/aromatic N) is 2. The Morgan fingerprint density at radius 1 is 1.03 bits per heavy atom. The minimum absolute atomic E-state index is 0.0710. The first-order valence-electron chi connectivity index (χ1n) is 9.54. The largest absolute Gasteiger partial charge is 0.504 e. The number of rotatable bonds is 5. The lowest BCUT2D eigenvalue weighted by atomic mass is 10.2. The summed E-state index contributed by atoms with van der Waals surface area (Å²) in [7, 11) is 0. The fourth-order valence-electron chi connectivity index (χ4n) is 3.01. The van der Waals surface area contributed by atoms with Crippen molar-refractivity contribution in [1.82, 2.24) is 0 Å². The maximum absolute atomic E-state index is 13.3. The van der Waals surface area contributed by atoms with Crippen molar-refractivity contribution >= 4 is 40.3 Å². The van der Waals surface area contributed by atoms with Crippen LogP contribution in [0.1, 0.15) is 12.5 Å². The molecule has 30 heavy (non-hydrogen) atoms. The quantitative estimate of drug-likeness (QED) is 0.550. The third-order valence-corrected chi connectivity index (χ3v) is 5.35. The predicted molar refractivity (Wildman–Crippen MR) is 122 cm³/mol. The van der Waals surface area contributed by atoms with E-state index in [0.29, 0.717) is 22.4 Å². The van der Waals surface area contributed by atoms with Crippen LogP contribution in [-0.4, -0.2) is 22.8 Å². The highest BCUT2D eigenvalue weighted by Gasteiger charge is 2.34. The van der Waals surface area contributed by atoms with Crippen molar-refractivity contribution in [2.45, 2.75) is 6.92 Å². The van der Waals surface area contributed by atoms with Gasteiger partial charge in [-0.15, -0.1) is 0 Å². The Morgan fingerprint density at radius 2 is 1.73 bits per heavy atom. The van der Waals surface area contributed by atoms with Crippen LogP contribution in [0.4, 0.5) is 11.4 Å². The highest BCUT2D eigenvalue weighted by molar-refractivity contribution is 8.19. The van der Waals surface area contributed by atoms with E-state index in [-0.39, 0.29) is 11.7 Å². The molecule has 1 aliphatic rings. The van der Waals surface area contributed by atoms with E-state index in [1.807, 2.05) is 67.6 Å². The summed E-state index contributed by atoms with van der Waals surface area (Å²) in [6.45, 7) is 2.29. The molecule has 4 rings (SSSR count). The van der Waals surface area contributed by atoms with Crippen LogP contribution in [0.5, 0.6) is 11.5 Å². The Morgan fingerprint density at radius 3 is 2.43 bits per heavy atom. The van der Waals surface area contributed by atoms with Crippen LogP contribution in [0.25, 0.3) is 6.08 Å². The molecule has 0 aromatic heterocycles. The lowest BCUT2D eigenvalue weighted by Crippen LogP contribution is -2.28. The van der Waals surface area contributed by atoms with Gasteiger partial charge in [0.15, 0.2) is 16.7 Å². The zero-order chi connectivity index (χ0) is 20.9. The SMILES string of the molecule is CCOc1cc(/C=C2/SC(=Nc3ccccc3)N(c3ccccc3)C2=O)ccc1O. The van der Waals surface area contributed by atoms with Crippen LogP contribution < -0.4 is 9.64 Å². The van der Waals surface area contributed by atoms with Crippen molar-refractivity contribution in [2.75, 3.05) is 11.5 Å². The number of amidine groups is 1. The normalized spacial score (nSPS) is 16.4. The molecule has 0 unspecified atom stereocenters. The lowest BCUT2D eigenvalue weighted by Gasteiger charge is -2.15. The van der Waals surface area contributed by atoms with Crippen molar-refractivity contribution in [2.24, 2.45) is 4.99 Å². The molecular formula is C24H20N2O3S. The number of thioether (sulfide) groups is 1. The number of hydrogen-bond donors (Lipinski definition) is 1. The van der Waals surface area contributed by atoms with Gasteiger partial charge in [0.25, 0.3) is 5.91 Å². The van der Waals surface area contributed by atoms with Gasteiger partial charge in [-0.3, -0.25) is 9.69 Å². The molecule has 1 heterocycles. The molecule has 1 fully saturated rings. The fourth-order valence-corrected chi connectivity index (χ4v) is 4.01. The molecule has 0 spiro atoms. The number of aromatic hydroxyl groups is 1. The predicted octanol–water partition coefficient (Wildman–Crippen LogP) is 5.60. The standard InChI is InChI=1S/C24H20N2O3S/c1-2-29-21-15-17(13-14-20(21)27)16-22-23(28)26(19-11-7-4-8-12-19)24(30-22)25-18-9-5-3-6-10-18/h3-16,27H,2H2,1H3/b22-16+,25-24?. The molecule has 1 aliphatic heterocycles. The number of ether oxygens (including phenoxy) is 1. The zero-order valence-corrected chi connectivity index (χ0v) is 17.2. The highest BCUT2D eigenvalue weighted by atomic mass is 32.2. The van der Waals surface area contributed by atoms with Gasteiger partial charge < -0.3 is 9.84 Å². The van der Waals surface area contributed by atoms with Gasteiger partial charge in [-0.25, -0.2) is 4.99 Å². The van der Waals surface area contributed by atoms with Crippen molar-refractivity contribution in [3.8, 4) is 11.5 Å². The molecule has 3 aromatic rings. The number of para-hydroxylation sites is 2. The minimum Gasteiger partial charge on any atom is -0.504 e. The molecule has 0 bridgehead atoms. The first kappa shape index (κ1) is 19.8. The number of amides is 1. The second kappa shape index (κ2) is 8.88. The van der Waals surface area contributed by atoms with E-state index < -0.39 is 0 Å². The second-order valence-corrected chi connectivity index (χ2v) is 7.49. The Hall–Kier alpha value is -3.51. The van der Waals surface area contributed by atoms with E-state index in [2.05, 4.69) is 0 Å². The molecule has 1 amide bonds. The number of benzene rings is 3. The summed E-state index contributed by atoms with van der Waals surface area (Å²) in [6.07, 6.45) is 1.79. The number of anilines is 1. The summed E-state index contributed by atoms with van der Waals surface area (Å²) >= 11 is 1.32. The van der Waals surface area contributed by atoms with E-state index >= 15 is 0 Å². The van der Waals surface area contributed by atoms with E-state index in [9.17, 15) is 9.90 Å². The first-order valence-corrected chi connectivity index (χ1v) is 10.4. The maximum atomic E-state index is 13.3. The Kier molecular flexibility index (Phi) is 5.86. The highest BCUT2D eigenvalue weighted by Crippen LogP contribution is 2.38. The van der Waals surface area contributed by atoms with Gasteiger partial charge in [0.1, 0.15) is 0 Å². The van der Waals surface area contributed by atoms with Crippen molar-refractivity contribution in [1.29, 1.82) is 0 Å². The number of phenolic OH excluding ortho intramolecular Hbond substituents is 1. The van der Waals surface area contributed by atoms with E-state index in [1.165, 1.54) is 11.8 Å². The number of carbonyl (C=O) groups excluding carboxylic acids is 1. The van der Waals surface area contributed by atoms with Gasteiger partial charge in [0.05, 0.1) is 22.9 Å². The van der Waals surface area contributed by atoms with Gasteiger partial charge in [-0.2, -0.15) is 0 Å². The molecule has 1 saturated heterocycles. The van der Waals surface area contributed by atoms with Crippen LogP contribution in [0.2, 0.25) is 0 Å². The van der Waals surface area contributed by atoms with Crippen LogP contribution >= 0.6 is 11.8 Å². The number of hydrogen-bond acceptors (Lipinski definition) is 5. The fraction of sp³-hybridized carbons (Fsp3) is 0.0833. The Balaban J connectivity index is 1.74. The molecule has 1 N–H and O–H groups in total. The summed E-state index contributed by atoms with van der Waals surface area (Å²) in [5.74, 6) is 0.314. The van der Waals surface area contributed by atoms with Gasteiger partial charge in [0, 0.05) is 0 Å². The monoisotopic (exact) mass is 416 g/mol. The van der Waals surface area contributed by atoms with Crippen LogP contribution in [-0.2, 0) is 4.79 Å². The average molecular weight is 417 g/mol. The number of carbonyl (C=O) groups is 1. The topological polar surface area (TPSA) is 62.1 Å². The summed E-state index contributed by atoms with van der Waals surface area (Å²) in [5, 5.41) is 10.5. The molecule has 150 valence electrons.